The van der Waals surface area contributed by atoms with Crippen molar-refractivity contribution in [2.45, 2.75) is 0 Å². The molecule has 178 valence electrons. The number of imidazole rings is 1. The number of pyridine rings is 1. The molecule has 3 aromatic carbocycles. The molecule has 7 nitrogen and oxygen atoms in total. The second-order valence-corrected chi connectivity index (χ2v) is 8.33. The van der Waals surface area contributed by atoms with E-state index in [4.69, 9.17) is 19.4 Å². The zero-order chi connectivity index (χ0) is 22.9. The molecular formula is C27H26ClN5O2. The van der Waals surface area contributed by atoms with Gasteiger partial charge in [-0.3, -0.25) is 0 Å². The minimum Gasteiger partial charge on any atom is -0.457 e. The Kier molecular flexibility index (Phi) is 6.44. The Morgan fingerprint density at radius 2 is 1.60 bits per heavy atom. The van der Waals surface area contributed by atoms with E-state index in [0.717, 1.165) is 64.0 Å². The molecule has 35 heavy (non-hydrogen) atoms. The number of aryl methyl sites for hydroxylation is 1. The zero-order valence-electron chi connectivity index (χ0n) is 19.3. The average Bonchev–Trinajstić information content (AvgIpc) is 3.20. The van der Waals surface area contributed by atoms with Crippen LogP contribution >= 0.6 is 12.4 Å². The Labute approximate surface area is 209 Å². The van der Waals surface area contributed by atoms with Crippen molar-refractivity contribution < 1.29 is 9.47 Å². The van der Waals surface area contributed by atoms with E-state index in [1.54, 1.807) is 0 Å². The number of benzene rings is 3. The number of morpholine rings is 1. The fraction of sp³-hybridized carbons (Fsp3) is 0.185. The summed E-state index contributed by atoms with van der Waals surface area (Å²) in [6, 6.07) is 26.0. The molecule has 1 fully saturated rings. The van der Waals surface area contributed by atoms with E-state index in [1.165, 1.54) is 0 Å². The van der Waals surface area contributed by atoms with Gasteiger partial charge in [-0.2, -0.15) is 0 Å². The quantitative estimate of drug-likeness (QED) is 0.332. The lowest BCUT2D eigenvalue weighted by Crippen LogP contribution is -2.36. The maximum Gasteiger partial charge on any atom is 0.208 e. The molecule has 2 aromatic heterocycles. The summed E-state index contributed by atoms with van der Waals surface area (Å²) in [6.45, 7) is 3.05. The Bertz CT molecular complexity index is 1470. The maximum atomic E-state index is 6.11. The molecule has 0 spiro atoms. The zero-order valence-corrected chi connectivity index (χ0v) is 20.2. The van der Waals surface area contributed by atoms with Crippen LogP contribution in [0.1, 0.15) is 0 Å². The van der Waals surface area contributed by atoms with Crippen molar-refractivity contribution in [3.05, 3.63) is 78.9 Å². The molecule has 3 heterocycles. The number of para-hydroxylation sites is 3. The number of nitrogens with one attached hydrogen (secondary N) is 1. The monoisotopic (exact) mass is 487 g/mol. The molecular weight excluding hydrogens is 462 g/mol. The number of fused-ring (bicyclic) bond motifs is 2. The number of nitrogens with zero attached hydrogens (tertiary/aromatic N) is 4. The van der Waals surface area contributed by atoms with Crippen LogP contribution in [0.3, 0.4) is 0 Å². The van der Waals surface area contributed by atoms with Gasteiger partial charge < -0.3 is 24.3 Å². The van der Waals surface area contributed by atoms with E-state index < -0.39 is 0 Å². The van der Waals surface area contributed by atoms with Crippen molar-refractivity contribution in [3.8, 4) is 11.5 Å². The highest BCUT2D eigenvalue weighted by Gasteiger charge is 2.17. The largest absolute Gasteiger partial charge is 0.457 e. The summed E-state index contributed by atoms with van der Waals surface area (Å²) in [5.74, 6) is 3.25. The number of anilines is 3. The normalized spacial score (nSPS) is 13.6. The SMILES string of the molecule is Cl.Cn1c(Nc2cc(N3CCOCC3)nc3ccc(Oc4ccccc4)cc23)nc2ccccc21. The predicted octanol–water partition coefficient (Wildman–Crippen LogP) is 5.92. The van der Waals surface area contributed by atoms with Crippen LogP contribution in [0.5, 0.6) is 11.5 Å². The first-order chi connectivity index (χ1) is 16.7. The van der Waals surface area contributed by atoms with Crippen molar-refractivity contribution in [1.82, 2.24) is 14.5 Å². The molecule has 8 heteroatoms. The van der Waals surface area contributed by atoms with Crippen molar-refractivity contribution in [3.63, 3.8) is 0 Å². The van der Waals surface area contributed by atoms with Gasteiger partial charge in [0.2, 0.25) is 5.95 Å². The number of hydrogen-bond donors (Lipinski definition) is 1. The van der Waals surface area contributed by atoms with Crippen molar-refractivity contribution in [2.75, 3.05) is 36.5 Å². The lowest BCUT2D eigenvalue weighted by Gasteiger charge is -2.28. The topological polar surface area (TPSA) is 64.4 Å². The summed E-state index contributed by atoms with van der Waals surface area (Å²) in [5, 5.41) is 4.54. The molecule has 1 aliphatic rings. The van der Waals surface area contributed by atoms with Crippen LogP contribution in [0, 0.1) is 0 Å². The number of ether oxygens (including phenoxy) is 2. The van der Waals surface area contributed by atoms with E-state index in [1.807, 2.05) is 73.8 Å². The van der Waals surface area contributed by atoms with E-state index >= 15 is 0 Å². The molecule has 1 aliphatic heterocycles. The van der Waals surface area contributed by atoms with Crippen LogP contribution in [-0.2, 0) is 11.8 Å². The molecule has 0 aliphatic carbocycles. The summed E-state index contributed by atoms with van der Waals surface area (Å²) >= 11 is 0. The smallest absolute Gasteiger partial charge is 0.208 e. The van der Waals surface area contributed by atoms with Crippen LogP contribution < -0.4 is 15.0 Å². The molecule has 0 amide bonds. The second kappa shape index (κ2) is 9.82. The van der Waals surface area contributed by atoms with Gasteiger partial charge in [-0.25, -0.2) is 9.97 Å². The maximum absolute atomic E-state index is 6.11. The highest BCUT2D eigenvalue weighted by molar-refractivity contribution is 5.96. The Morgan fingerprint density at radius 3 is 2.40 bits per heavy atom. The molecule has 1 saturated heterocycles. The van der Waals surface area contributed by atoms with Gasteiger partial charge in [-0.1, -0.05) is 30.3 Å². The first-order valence-electron chi connectivity index (χ1n) is 11.4. The van der Waals surface area contributed by atoms with Gasteiger partial charge in [0.15, 0.2) is 0 Å². The average molecular weight is 488 g/mol. The molecule has 0 unspecified atom stereocenters. The number of hydrogen-bond acceptors (Lipinski definition) is 6. The molecule has 0 bridgehead atoms. The van der Waals surface area contributed by atoms with Crippen molar-refractivity contribution >= 4 is 51.8 Å². The van der Waals surface area contributed by atoms with E-state index in [2.05, 4.69) is 26.9 Å². The van der Waals surface area contributed by atoms with Crippen LogP contribution in [0.4, 0.5) is 17.5 Å². The summed E-state index contributed by atoms with van der Waals surface area (Å²) < 4.78 is 13.7. The lowest BCUT2D eigenvalue weighted by molar-refractivity contribution is 0.122. The van der Waals surface area contributed by atoms with E-state index in [-0.39, 0.29) is 12.4 Å². The van der Waals surface area contributed by atoms with Crippen LogP contribution in [0.2, 0.25) is 0 Å². The minimum atomic E-state index is 0. The first-order valence-corrected chi connectivity index (χ1v) is 11.4. The number of aromatic nitrogens is 3. The van der Waals surface area contributed by atoms with Gasteiger partial charge >= 0.3 is 0 Å². The lowest BCUT2D eigenvalue weighted by atomic mass is 10.1. The second-order valence-electron chi connectivity index (χ2n) is 8.33. The molecule has 0 radical (unpaired) electrons. The van der Waals surface area contributed by atoms with Gasteiger partial charge in [0.05, 0.1) is 35.5 Å². The first kappa shape index (κ1) is 23.0. The Morgan fingerprint density at radius 1 is 0.829 bits per heavy atom. The van der Waals surface area contributed by atoms with Crippen LogP contribution in [0.15, 0.2) is 78.9 Å². The molecule has 0 saturated carbocycles. The standard InChI is InChI=1S/C27H25N5O2.ClH/c1-31-25-10-6-5-9-23(25)29-27(31)30-24-18-26(32-13-15-33-16-14-32)28-22-12-11-20(17-21(22)24)34-19-7-3-2-4-8-19;/h2-12,17-18H,13-16H2,1H3,(H,28,29,30);1H. The van der Waals surface area contributed by atoms with Crippen LogP contribution in [0.25, 0.3) is 21.9 Å². The van der Waals surface area contributed by atoms with Gasteiger partial charge in [0.25, 0.3) is 0 Å². The highest BCUT2D eigenvalue weighted by atomic mass is 35.5. The third-order valence-corrected chi connectivity index (χ3v) is 6.11. The van der Waals surface area contributed by atoms with Crippen molar-refractivity contribution in [2.24, 2.45) is 7.05 Å². The summed E-state index contributed by atoms with van der Waals surface area (Å²) in [6.07, 6.45) is 0. The molecule has 6 rings (SSSR count). The van der Waals surface area contributed by atoms with E-state index in [0.29, 0.717) is 13.2 Å². The number of halogens is 1. The third-order valence-electron chi connectivity index (χ3n) is 6.11. The van der Waals surface area contributed by atoms with E-state index in [9.17, 15) is 0 Å². The molecule has 5 aromatic rings. The summed E-state index contributed by atoms with van der Waals surface area (Å²) in [7, 11) is 2.02. The van der Waals surface area contributed by atoms with Gasteiger partial charge in [-0.05, 0) is 42.5 Å². The fourth-order valence-electron chi connectivity index (χ4n) is 4.31. The number of rotatable bonds is 5. The Balaban J connectivity index is 0.00000253. The summed E-state index contributed by atoms with van der Waals surface area (Å²) in [4.78, 5) is 12.0. The molecule has 0 atom stereocenters. The Hall–Kier alpha value is -3.81. The predicted molar refractivity (Wildman–Crippen MR) is 143 cm³/mol. The van der Waals surface area contributed by atoms with Gasteiger partial charge in [0, 0.05) is 31.6 Å². The molecule has 1 N–H and O–H groups in total. The summed E-state index contributed by atoms with van der Waals surface area (Å²) in [5.41, 5.74) is 3.85. The van der Waals surface area contributed by atoms with Gasteiger partial charge in [-0.15, -0.1) is 12.4 Å². The van der Waals surface area contributed by atoms with Crippen molar-refractivity contribution in [1.29, 1.82) is 0 Å². The highest BCUT2D eigenvalue weighted by Crippen LogP contribution is 2.34. The fourth-order valence-corrected chi connectivity index (χ4v) is 4.31. The minimum absolute atomic E-state index is 0. The van der Waals surface area contributed by atoms with Crippen LogP contribution in [-0.4, -0.2) is 40.8 Å². The third kappa shape index (κ3) is 4.60. The van der Waals surface area contributed by atoms with Gasteiger partial charge in [0.1, 0.15) is 17.3 Å².